The quantitative estimate of drug-likeness (QED) is 0.882. The minimum Gasteiger partial charge on any atom is -0.368 e. The number of amides is 1. The van der Waals surface area contributed by atoms with Crippen LogP contribution in [0.1, 0.15) is 23.6 Å². The van der Waals surface area contributed by atoms with E-state index in [1.165, 1.54) is 0 Å². The lowest BCUT2D eigenvalue weighted by Gasteiger charge is -2.28. The second-order valence-corrected chi connectivity index (χ2v) is 5.36. The second kappa shape index (κ2) is 6.37. The Kier molecular flexibility index (Phi) is 4.80. The number of hydrogen-bond donors (Lipinski definition) is 2. The fourth-order valence-corrected chi connectivity index (χ4v) is 2.65. The van der Waals surface area contributed by atoms with E-state index in [0.29, 0.717) is 5.02 Å². The van der Waals surface area contributed by atoms with Crippen LogP contribution in [0.25, 0.3) is 0 Å². The first-order chi connectivity index (χ1) is 9.09. The zero-order valence-electron chi connectivity index (χ0n) is 11.2. The maximum Gasteiger partial charge on any atom is 0.239 e. The van der Waals surface area contributed by atoms with Gasteiger partial charge in [-0.15, -0.1) is 0 Å². The van der Waals surface area contributed by atoms with Crippen molar-refractivity contribution in [2.24, 2.45) is 5.73 Å². The van der Waals surface area contributed by atoms with E-state index < -0.39 is 6.04 Å². The molecular weight excluding hydrogens is 262 g/mol. The van der Waals surface area contributed by atoms with Crippen molar-refractivity contribution in [3.8, 4) is 0 Å². The van der Waals surface area contributed by atoms with Crippen molar-refractivity contribution in [1.29, 1.82) is 0 Å². The zero-order valence-corrected chi connectivity index (χ0v) is 11.9. The Labute approximate surface area is 118 Å². The Bertz CT molecular complexity index is 456. The predicted molar refractivity (Wildman–Crippen MR) is 77.2 cm³/mol. The average molecular weight is 282 g/mol. The lowest BCUT2D eigenvalue weighted by Crippen LogP contribution is -2.39. The predicted octanol–water partition coefficient (Wildman–Crippen LogP) is 1.47. The fourth-order valence-electron chi connectivity index (χ4n) is 2.46. The lowest BCUT2D eigenvalue weighted by molar-refractivity contribution is -0.123. The molecule has 104 valence electrons. The van der Waals surface area contributed by atoms with Gasteiger partial charge in [-0.2, -0.15) is 0 Å². The van der Waals surface area contributed by atoms with Crippen molar-refractivity contribution in [1.82, 2.24) is 10.2 Å². The molecule has 1 saturated heterocycles. The summed E-state index contributed by atoms with van der Waals surface area (Å²) in [5.74, 6) is -0.318. The SMILES string of the molecule is Cc1ccc(C(C(N)=O)N2CCCNCC2)cc1Cl. The van der Waals surface area contributed by atoms with Crippen LogP contribution in [0, 0.1) is 6.92 Å². The standard InChI is InChI=1S/C14H20ClN3O/c1-10-3-4-11(9-12(10)15)13(14(16)19)18-7-2-5-17-6-8-18/h3-4,9,13,17H,2,5-8H2,1H3,(H2,16,19). The third-order valence-corrected chi connectivity index (χ3v) is 3.93. The average Bonchev–Trinajstić information content (AvgIpc) is 2.62. The van der Waals surface area contributed by atoms with E-state index in [9.17, 15) is 4.79 Å². The minimum atomic E-state index is -0.391. The molecule has 1 fully saturated rings. The summed E-state index contributed by atoms with van der Waals surface area (Å²) in [6.45, 7) is 5.49. The number of carbonyl (C=O) groups is 1. The van der Waals surface area contributed by atoms with Crippen LogP contribution in [0.4, 0.5) is 0 Å². The molecule has 1 aromatic carbocycles. The van der Waals surface area contributed by atoms with Gasteiger partial charge in [0.05, 0.1) is 0 Å². The molecule has 1 heterocycles. The topological polar surface area (TPSA) is 58.4 Å². The molecule has 5 heteroatoms. The van der Waals surface area contributed by atoms with E-state index >= 15 is 0 Å². The normalized spacial score (nSPS) is 18.8. The molecule has 1 aliphatic rings. The van der Waals surface area contributed by atoms with Crippen molar-refractivity contribution in [3.05, 3.63) is 34.3 Å². The first kappa shape index (κ1) is 14.3. The molecule has 1 atom stereocenters. The smallest absolute Gasteiger partial charge is 0.239 e. The summed E-state index contributed by atoms with van der Waals surface area (Å²) < 4.78 is 0. The Morgan fingerprint density at radius 3 is 2.89 bits per heavy atom. The van der Waals surface area contributed by atoms with Crippen molar-refractivity contribution < 1.29 is 4.79 Å². The highest BCUT2D eigenvalue weighted by Crippen LogP contribution is 2.25. The van der Waals surface area contributed by atoms with Gasteiger partial charge in [-0.3, -0.25) is 9.69 Å². The largest absolute Gasteiger partial charge is 0.368 e. The molecule has 0 radical (unpaired) electrons. The van der Waals surface area contributed by atoms with Gasteiger partial charge in [-0.25, -0.2) is 0 Å². The van der Waals surface area contributed by atoms with Gasteiger partial charge in [0.25, 0.3) is 0 Å². The van der Waals surface area contributed by atoms with E-state index in [1.54, 1.807) is 0 Å². The van der Waals surface area contributed by atoms with Crippen molar-refractivity contribution >= 4 is 17.5 Å². The third kappa shape index (κ3) is 3.47. The highest BCUT2D eigenvalue weighted by atomic mass is 35.5. The Hall–Kier alpha value is -1.10. The molecule has 2 rings (SSSR count). The second-order valence-electron chi connectivity index (χ2n) is 4.95. The van der Waals surface area contributed by atoms with Gasteiger partial charge in [0.1, 0.15) is 6.04 Å². The number of nitrogens with zero attached hydrogens (tertiary/aromatic N) is 1. The Balaban J connectivity index is 2.27. The lowest BCUT2D eigenvalue weighted by atomic mass is 10.0. The van der Waals surface area contributed by atoms with Gasteiger partial charge in [0, 0.05) is 24.7 Å². The molecule has 1 unspecified atom stereocenters. The number of aryl methyl sites for hydroxylation is 1. The van der Waals surface area contributed by atoms with Crippen LogP contribution in [-0.2, 0) is 4.79 Å². The molecule has 0 aliphatic carbocycles. The molecular formula is C14H20ClN3O. The Morgan fingerprint density at radius 2 is 2.21 bits per heavy atom. The minimum absolute atomic E-state index is 0.318. The van der Waals surface area contributed by atoms with Crippen LogP contribution in [0.15, 0.2) is 18.2 Å². The van der Waals surface area contributed by atoms with Crippen LogP contribution >= 0.6 is 11.6 Å². The van der Waals surface area contributed by atoms with E-state index in [1.807, 2.05) is 25.1 Å². The number of carbonyl (C=O) groups excluding carboxylic acids is 1. The van der Waals surface area contributed by atoms with Gasteiger partial charge in [-0.1, -0.05) is 23.7 Å². The van der Waals surface area contributed by atoms with Crippen LogP contribution in [-0.4, -0.2) is 37.0 Å². The van der Waals surface area contributed by atoms with Crippen LogP contribution in [0.3, 0.4) is 0 Å². The van der Waals surface area contributed by atoms with Crippen molar-refractivity contribution in [2.75, 3.05) is 26.2 Å². The van der Waals surface area contributed by atoms with Crippen LogP contribution in [0.5, 0.6) is 0 Å². The number of rotatable bonds is 3. The summed E-state index contributed by atoms with van der Waals surface area (Å²) in [6.07, 6.45) is 1.02. The van der Waals surface area contributed by atoms with Crippen LogP contribution in [0.2, 0.25) is 5.02 Å². The number of primary amides is 1. The van der Waals surface area contributed by atoms with Gasteiger partial charge >= 0.3 is 0 Å². The molecule has 1 aliphatic heterocycles. The number of halogens is 1. The van der Waals surface area contributed by atoms with Crippen molar-refractivity contribution in [2.45, 2.75) is 19.4 Å². The highest BCUT2D eigenvalue weighted by molar-refractivity contribution is 6.31. The Morgan fingerprint density at radius 1 is 1.42 bits per heavy atom. The summed E-state index contributed by atoms with van der Waals surface area (Å²) in [5, 5.41) is 4.00. The molecule has 4 nitrogen and oxygen atoms in total. The maximum atomic E-state index is 11.8. The van der Waals surface area contributed by atoms with Gasteiger partial charge < -0.3 is 11.1 Å². The molecule has 19 heavy (non-hydrogen) atoms. The summed E-state index contributed by atoms with van der Waals surface area (Å²) in [4.78, 5) is 14.0. The molecule has 0 spiro atoms. The number of nitrogens with one attached hydrogen (secondary N) is 1. The maximum absolute atomic E-state index is 11.8. The molecule has 0 saturated carbocycles. The number of benzene rings is 1. The van der Waals surface area contributed by atoms with Gasteiger partial charge in [0.2, 0.25) is 5.91 Å². The third-order valence-electron chi connectivity index (χ3n) is 3.52. The first-order valence-electron chi connectivity index (χ1n) is 6.59. The van der Waals surface area contributed by atoms with E-state index in [0.717, 1.165) is 43.7 Å². The van der Waals surface area contributed by atoms with Crippen LogP contribution < -0.4 is 11.1 Å². The van der Waals surface area contributed by atoms with E-state index in [4.69, 9.17) is 17.3 Å². The molecule has 3 N–H and O–H groups in total. The van der Waals surface area contributed by atoms with Gasteiger partial charge in [-0.05, 0) is 37.1 Å². The molecule has 1 aromatic rings. The summed E-state index contributed by atoms with van der Waals surface area (Å²) in [5.41, 5.74) is 7.48. The summed E-state index contributed by atoms with van der Waals surface area (Å²) >= 11 is 6.15. The number of hydrogen-bond acceptors (Lipinski definition) is 3. The van der Waals surface area contributed by atoms with Gasteiger partial charge in [0.15, 0.2) is 0 Å². The fraction of sp³-hybridized carbons (Fsp3) is 0.500. The molecule has 1 amide bonds. The summed E-state index contributed by atoms with van der Waals surface area (Å²) in [7, 11) is 0. The monoisotopic (exact) mass is 281 g/mol. The number of nitrogens with two attached hydrogens (primary N) is 1. The van der Waals surface area contributed by atoms with E-state index in [-0.39, 0.29) is 5.91 Å². The van der Waals surface area contributed by atoms with Crippen molar-refractivity contribution in [3.63, 3.8) is 0 Å². The highest BCUT2D eigenvalue weighted by Gasteiger charge is 2.26. The molecule has 0 aromatic heterocycles. The zero-order chi connectivity index (χ0) is 13.8. The van der Waals surface area contributed by atoms with E-state index in [2.05, 4.69) is 10.2 Å². The summed E-state index contributed by atoms with van der Waals surface area (Å²) in [6, 6.07) is 5.33. The first-order valence-corrected chi connectivity index (χ1v) is 6.97. The molecule has 0 bridgehead atoms.